The van der Waals surface area contributed by atoms with Gasteiger partial charge >= 0.3 is 0 Å². The molecule has 3 heteroatoms. The van der Waals surface area contributed by atoms with Crippen LogP contribution in [0.2, 0.25) is 0 Å². The summed E-state index contributed by atoms with van der Waals surface area (Å²) in [6.07, 6.45) is 3.52. The Hall–Kier alpha value is -1.51. The van der Waals surface area contributed by atoms with Gasteiger partial charge in [0.2, 0.25) is 0 Å². The van der Waals surface area contributed by atoms with Gasteiger partial charge in [0.05, 0.1) is 5.56 Å². The molecule has 1 aliphatic rings. The van der Waals surface area contributed by atoms with Gasteiger partial charge in [-0.15, -0.1) is 0 Å². The van der Waals surface area contributed by atoms with Crippen molar-refractivity contribution in [2.24, 2.45) is 5.92 Å². The van der Waals surface area contributed by atoms with E-state index in [0.29, 0.717) is 0 Å². The molecular weight excluding hydrogens is 248 g/mol. The van der Waals surface area contributed by atoms with Crippen molar-refractivity contribution in [2.75, 3.05) is 25.0 Å². The van der Waals surface area contributed by atoms with Gasteiger partial charge in [0.1, 0.15) is 0 Å². The molecule has 0 aromatic heterocycles. The molecule has 3 nitrogen and oxygen atoms in total. The number of rotatable bonds is 4. The van der Waals surface area contributed by atoms with Crippen LogP contribution in [-0.2, 0) is 0 Å². The van der Waals surface area contributed by atoms with E-state index < -0.39 is 0 Å². The normalized spacial score (nSPS) is 16.2. The molecule has 20 heavy (non-hydrogen) atoms. The van der Waals surface area contributed by atoms with Crippen molar-refractivity contribution in [3.63, 3.8) is 0 Å². The molecule has 1 aromatic carbocycles. The minimum absolute atomic E-state index is 0.180. The molecule has 110 valence electrons. The minimum atomic E-state index is 0.180. The van der Waals surface area contributed by atoms with Crippen molar-refractivity contribution in [2.45, 2.75) is 40.0 Å². The first-order valence-corrected chi connectivity index (χ1v) is 7.79. The fourth-order valence-corrected chi connectivity index (χ4v) is 2.89. The fourth-order valence-electron chi connectivity index (χ4n) is 2.89. The predicted octanol–water partition coefficient (Wildman–Crippen LogP) is 3.69. The van der Waals surface area contributed by atoms with E-state index in [2.05, 4.69) is 25.2 Å². The second kappa shape index (κ2) is 6.78. The predicted molar refractivity (Wildman–Crippen MR) is 84.3 cm³/mol. The average Bonchev–Trinajstić information content (AvgIpc) is 2.48. The van der Waals surface area contributed by atoms with Crippen LogP contribution in [-0.4, -0.2) is 30.4 Å². The number of anilines is 1. The zero-order chi connectivity index (χ0) is 14.5. The summed E-state index contributed by atoms with van der Waals surface area (Å²) in [6, 6.07) is 6.08. The third-order valence-electron chi connectivity index (χ3n) is 4.25. The van der Waals surface area contributed by atoms with E-state index in [1.807, 2.05) is 24.0 Å². The Kier molecular flexibility index (Phi) is 5.05. The smallest absolute Gasteiger partial charge is 0.255 e. The first-order chi connectivity index (χ1) is 9.65. The fraction of sp³-hybridized carbons (Fsp3) is 0.588. The highest BCUT2D eigenvalue weighted by Gasteiger charge is 2.24. The van der Waals surface area contributed by atoms with E-state index in [1.165, 1.54) is 6.42 Å². The number of hydrogen-bond donors (Lipinski definition) is 1. The number of benzene rings is 1. The van der Waals surface area contributed by atoms with Crippen LogP contribution in [0, 0.1) is 12.8 Å². The first-order valence-electron chi connectivity index (χ1n) is 7.79. The van der Waals surface area contributed by atoms with E-state index in [1.54, 1.807) is 0 Å². The van der Waals surface area contributed by atoms with Crippen LogP contribution >= 0.6 is 0 Å². The quantitative estimate of drug-likeness (QED) is 0.908. The number of hydrogen-bond acceptors (Lipinski definition) is 2. The Morgan fingerprint density at radius 3 is 2.60 bits per heavy atom. The maximum Gasteiger partial charge on any atom is 0.255 e. The molecule has 0 spiro atoms. The number of likely N-dealkylation sites (tertiary alicyclic amines) is 1. The van der Waals surface area contributed by atoms with Crippen molar-refractivity contribution in [1.29, 1.82) is 0 Å². The highest BCUT2D eigenvalue weighted by atomic mass is 16.2. The Labute approximate surface area is 122 Å². The summed E-state index contributed by atoms with van der Waals surface area (Å²) in [5.41, 5.74) is 2.92. The molecular formula is C17H26N2O. The lowest BCUT2D eigenvalue weighted by atomic mass is 9.94. The summed E-state index contributed by atoms with van der Waals surface area (Å²) in [5.74, 6) is 0.976. The SMILES string of the molecule is CCNc1ccc(C)cc1C(=O)N1CCC(CC)CC1. The van der Waals surface area contributed by atoms with Crippen LogP contribution in [0.15, 0.2) is 18.2 Å². The Morgan fingerprint density at radius 1 is 1.30 bits per heavy atom. The lowest BCUT2D eigenvalue weighted by Crippen LogP contribution is -2.38. The van der Waals surface area contributed by atoms with Gasteiger partial charge in [-0.3, -0.25) is 4.79 Å². The van der Waals surface area contributed by atoms with Crippen LogP contribution in [0.4, 0.5) is 5.69 Å². The van der Waals surface area contributed by atoms with E-state index in [4.69, 9.17) is 0 Å². The van der Waals surface area contributed by atoms with E-state index in [-0.39, 0.29) is 5.91 Å². The molecule has 0 aliphatic carbocycles. The summed E-state index contributed by atoms with van der Waals surface area (Å²) in [4.78, 5) is 14.7. The molecule has 0 radical (unpaired) electrons. The summed E-state index contributed by atoms with van der Waals surface area (Å²) in [7, 11) is 0. The largest absolute Gasteiger partial charge is 0.385 e. The average molecular weight is 274 g/mol. The molecule has 0 bridgehead atoms. The van der Waals surface area contributed by atoms with Gasteiger partial charge in [-0.1, -0.05) is 25.0 Å². The maximum absolute atomic E-state index is 12.7. The van der Waals surface area contributed by atoms with Crippen molar-refractivity contribution in [1.82, 2.24) is 4.90 Å². The van der Waals surface area contributed by atoms with Crippen molar-refractivity contribution in [3.05, 3.63) is 29.3 Å². The number of piperidine rings is 1. The number of carbonyl (C=O) groups excluding carboxylic acids is 1. The number of aryl methyl sites for hydroxylation is 1. The lowest BCUT2D eigenvalue weighted by Gasteiger charge is -2.32. The molecule has 1 N–H and O–H groups in total. The molecule has 1 aliphatic heterocycles. The van der Waals surface area contributed by atoms with E-state index in [0.717, 1.165) is 55.2 Å². The molecule has 0 unspecified atom stereocenters. The standard InChI is InChI=1S/C17H26N2O/c1-4-14-8-10-19(11-9-14)17(20)15-12-13(3)6-7-16(15)18-5-2/h6-7,12,14,18H,4-5,8-11H2,1-3H3. The minimum Gasteiger partial charge on any atom is -0.385 e. The van der Waals surface area contributed by atoms with Crippen LogP contribution in [0.3, 0.4) is 0 Å². The summed E-state index contributed by atoms with van der Waals surface area (Å²) in [5, 5.41) is 3.30. The van der Waals surface area contributed by atoms with Gasteiger partial charge in [-0.05, 0) is 44.7 Å². The first kappa shape index (κ1) is 14.9. The van der Waals surface area contributed by atoms with Gasteiger partial charge in [0, 0.05) is 25.3 Å². The number of carbonyl (C=O) groups is 1. The zero-order valence-corrected chi connectivity index (χ0v) is 12.9. The van der Waals surface area contributed by atoms with Crippen LogP contribution in [0.5, 0.6) is 0 Å². The van der Waals surface area contributed by atoms with E-state index in [9.17, 15) is 4.79 Å². The molecule has 0 saturated carbocycles. The van der Waals surface area contributed by atoms with Crippen molar-refractivity contribution < 1.29 is 4.79 Å². The summed E-state index contributed by atoms with van der Waals surface area (Å²) >= 11 is 0. The second-order valence-electron chi connectivity index (χ2n) is 5.72. The monoisotopic (exact) mass is 274 g/mol. The van der Waals surface area contributed by atoms with Gasteiger partial charge < -0.3 is 10.2 Å². The van der Waals surface area contributed by atoms with E-state index >= 15 is 0 Å². The molecule has 1 fully saturated rings. The Morgan fingerprint density at radius 2 is 2.00 bits per heavy atom. The second-order valence-corrected chi connectivity index (χ2v) is 5.72. The molecule has 0 atom stereocenters. The molecule has 1 amide bonds. The number of nitrogens with one attached hydrogen (secondary N) is 1. The van der Waals surface area contributed by atoms with Gasteiger partial charge in [0.15, 0.2) is 0 Å². The third-order valence-corrected chi connectivity index (χ3v) is 4.25. The summed E-state index contributed by atoms with van der Waals surface area (Å²) < 4.78 is 0. The highest BCUT2D eigenvalue weighted by molar-refractivity contribution is 5.99. The van der Waals surface area contributed by atoms with Gasteiger partial charge in [-0.2, -0.15) is 0 Å². The van der Waals surface area contributed by atoms with Crippen molar-refractivity contribution >= 4 is 11.6 Å². The van der Waals surface area contributed by atoms with Crippen LogP contribution in [0.25, 0.3) is 0 Å². The number of nitrogens with zero attached hydrogens (tertiary/aromatic N) is 1. The molecule has 1 aromatic rings. The zero-order valence-electron chi connectivity index (χ0n) is 12.9. The Bertz CT molecular complexity index is 462. The van der Waals surface area contributed by atoms with Crippen LogP contribution < -0.4 is 5.32 Å². The lowest BCUT2D eigenvalue weighted by molar-refractivity contribution is 0.0689. The number of amides is 1. The topological polar surface area (TPSA) is 32.3 Å². The highest BCUT2D eigenvalue weighted by Crippen LogP contribution is 2.24. The maximum atomic E-state index is 12.7. The molecule has 1 saturated heterocycles. The summed E-state index contributed by atoms with van der Waals surface area (Å²) in [6.45, 7) is 8.97. The Balaban J connectivity index is 2.14. The van der Waals surface area contributed by atoms with Gasteiger partial charge in [-0.25, -0.2) is 0 Å². The molecule has 2 rings (SSSR count). The van der Waals surface area contributed by atoms with Gasteiger partial charge in [0.25, 0.3) is 5.91 Å². The third kappa shape index (κ3) is 3.33. The molecule has 1 heterocycles. The van der Waals surface area contributed by atoms with Crippen LogP contribution in [0.1, 0.15) is 49.0 Å². The van der Waals surface area contributed by atoms with Crippen molar-refractivity contribution in [3.8, 4) is 0 Å².